The van der Waals surface area contributed by atoms with Crippen LogP contribution in [0.5, 0.6) is 0 Å². The summed E-state index contributed by atoms with van der Waals surface area (Å²) in [4.78, 5) is 12.0. The first-order valence-corrected chi connectivity index (χ1v) is 5.13. The SMILES string of the molecule is CN(CCC#N)Cc1ccc([N+](=O)[O-])c(N)c1. The molecule has 1 aromatic carbocycles. The summed E-state index contributed by atoms with van der Waals surface area (Å²) < 4.78 is 0. The molecular formula is C11H14N4O2. The monoisotopic (exact) mass is 234 g/mol. The van der Waals surface area contributed by atoms with Crippen molar-refractivity contribution in [2.24, 2.45) is 0 Å². The summed E-state index contributed by atoms with van der Waals surface area (Å²) in [6, 6.07) is 6.75. The Labute approximate surface area is 99.4 Å². The summed E-state index contributed by atoms with van der Waals surface area (Å²) in [5.74, 6) is 0. The van der Waals surface area contributed by atoms with Gasteiger partial charge in [0, 0.05) is 25.6 Å². The molecule has 0 amide bonds. The van der Waals surface area contributed by atoms with Crippen LogP contribution in [0.25, 0.3) is 0 Å². The van der Waals surface area contributed by atoms with Crippen molar-refractivity contribution in [1.29, 1.82) is 5.26 Å². The average Bonchev–Trinajstić information content (AvgIpc) is 2.26. The van der Waals surface area contributed by atoms with E-state index in [9.17, 15) is 10.1 Å². The molecular weight excluding hydrogens is 220 g/mol. The van der Waals surface area contributed by atoms with Gasteiger partial charge in [0.2, 0.25) is 0 Å². The number of anilines is 1. The van der Waals surface area contributed by atoms with Crippen LogP contribution in [0.15, 0.2) is 18.2 Å². The fraction of sp³-hybridized carbons (Fsp3) is 0.364. The lowest BCUT2D eigenvalue weighted by atomic mass is 10.1. The average molecular weight is 234 g/mol. The van der Waals surface area contributed by atoms with Crippen LogP contribution in [0.1, 0.15) is 12.0 Å². The zero-order valence-electron chi connectivity index (χ0n) is 9.59. The third-order valence-corrected chi connectivity index (χ3v) is 2.35. The third kappa shape index (κ3) is 3.74. The van der Waals surface area contributed by atoms with Crippen molar-refractivity contribution in [3.63, 3.8) is 0 Å². The summed E-state index contributed by atoms with van der Waals surface area (Å²) in [5.41, 5.74) is 6.57. The number of nitro groups is 1. The molecule has 0 spiro atoms. The van der Waals surface area contributed by atoms with Gasteiger partial charge in [-0.1, -0.05) is 6.07 Å². The van der Waals surface area contributed by atoms with E-state index in [-0.39, 0.29) is 11.4 Å². The number of nitrogens with zero attached hydrogens (tertiary/aromatic N) is 3. The van der Waals surface area contributed by atoms with E-state index in [1.165, 1.54) is 6.07 Å². The molecule has 0 aliphatic heterocycles. The van der Waals surface area contributed by atoms with E-state index in [0.717, 1.165) is 5.56 Å². The first kappa shape index (κ1) is 12.9. The van der Waals surface area contributed by atoms with Crippen LogP contribution in [0.3, 0.4) is 0 Å². The Hall–Kier alpha value is -2.13. The molecule has 0 fully saturated rings. The van der Waals surface area contributed by atoms with Gasteiger partial charge in [-0.2, -0.15) is 5.26 Å². The lowest BCUT2D eigenvalue weighted by Gasteiger charge is -2.14. The van der Waals surface area contributed by atoms with Crippen LogP contribution in [0, 0.1) is 21.4 Å². The molecule has 2 N–H and O–H groups in total. The van der Waals surface area contributed by atoms with E-state index in [1.807, 2.05) is 11.9 Å². The molecule has 90 valence electrons. The fourth-order valence-electron chi connectivity index (χ4n) is 1.50. The minimum Gasteiger partial charge on any atom is -0.393 e. The number of rotatable bonds is 5. The molecule has 0 aromatic heterocycles. The third-order valence-electron chi connectivity index (χ3n) is 2.35. The summed E-state index contributed by atoms with van der Waals surface area (Å²) in [6.07, 6.45) is 0.457. The minimum absolute atomic E-state index is 0.0755. The van der Waals surface area contributed by atoms with E-state index < -0.39 is 4.92 Å². The highest BCUT2D eigenvalue weighted by Crippen LogP contribution is 2.22. The predicted molar refractivity (Wildman–Crippen MR) is 64.1 cm³/mol. The van der Waals surface area contributed by atoms with Crippen LogP contribution in [0.4, 0.5) is 11.4 Å². The highest BCUT2D eigenvalue weighted by atomic mass is 16.6. The zero-order valence-corrected chi connectivity index (χ0v) is 9.59. The molecule has 0 saturated carbocycles. The van der Waals surface area contributed by atoms with Crippen molar-refractivity contribution >= 4 is 11.4 Å². The van der Waals surface area contributed by atoms with Gasteiger partial charge in [-0.3, -0.25) is 10.1 Å². The standard InChI is InChI=1S/C11H14N4O2/c1-14(6-2-5-12)8-9-3-4-11(15(16)17)10(13)7-9/h3-4,7H,2,6,8,13H2,1H3. The summed E-state index contributed by atoms with van der Waals surface area (Å²) in [5, 5.41) is 19.0. The van der Waals surface area contributed by atoms with E-state index in [1.54, 1.807) is 12.1 Å². The molecule has 1 aromatic rings. The first-order valence-electron chi connectivity index (χ1n) is 5.13. The van der Waals surface area contributed by atoms with Crippen molar-refractivity contribution in [3.8, 4) is 6.07 Å². The lowest BCUT2D eigenvalue weighted by Crippen LogP contribution is -2.18. The Kier molecular flexibility index (Phi) is 4.43. The molecule has 0 aliphatic rings. The molecule has 0 saturated heterocycles. The van der Waals surface area contributed by atoms with Crippen molar-refractivity contribution < 1.29 is 4.92 Å². The smallest absolute Gasteiger partial charge is 0.292 e. The van der Waals surface area contributed by atoms with Crippen LogP contribution >= 0.6 is 0 Å². The number of hydrogen-bond donors (Lipinski definition) is 1. The maximum Gasteiger partial charge on any atom is 0.292 e. The van der Waals surface area contributed by atoms with Crippen LogP contribution in [0.2, 0.25) is 0 Å². The van der Waals surface area contributed by atoms with Gasteiger partial charge in [0.1, 0.15) is 5.69 Å². The van der Waals surface area contributed by atoms with Gasteiger partial charge in [-0.15, -0.1) is 0 Å². The normalized spacial score (nSPS) is 10.2. The highest BCUT2D eigenvalue weighted by Gasteiger charge is 2.11. The van der Waals surface area contributed by atoms with Crippen molar-refractivity contribution in [2.75, 3.05) is 19.3 Å². The van der Waals surface area contributed by atoms with Gasteiger partial charge in [-0.05, 0) is 18.7 Å². The molecule has 0 bridgehead atoms. The van der Waals surface area contributed by atoms with Crippen LogP contribution < -0.4 is 5.73 Å². The molecule has 0 unspecified atom stereocenters. The summed E-state index contributed by atoms with van der Waals surface area (Å²) in [6.45, 7) is 1.28. The van der Waals surface area contributed by atoms with E-state index >= 15 is 0 Å². The highest BCUT2D eigenvalue weighted by molar-refractivity contribution is 5.59. The summed E-state index contributed by atoms with van der Waals surface area (Å²) in [7, 11) is 1.88. The molecule has 6 heteroatoms. The van der Waals surface area contributed by atoms with Crippen LogP contribution in [-0.4, -0.2) is 23.4 Å². The largest absolute Gasteiger partial charge is 0.393 e. The zero-order chi connectivity index (χ0) is 12.8. The van der Waals surface area contributed by atoms with E-state index in [2.05, 4.69) is 6.07 Å². The number of benzene rings is 1. The number of hydrogen-bond acceptors (Lipinski definition) is 5. The van der Waals surface area contributed by atoms with E-state index in [0.29, 0.717) is 19.5 Å². The van der Waals surface area contributed by atoms with Crippen molar-refractivity contribution in [1.82, 2.24) is 4.90 Å². The molecule has 0 heterocycles. The van der Waals surface area contributed by atoms with Crippen LogP contribution in [-0.2, 0) is 6.54 Å². The number of nitrogen functional groups attached to an aromatic ring is 1. The molecule has 0 radical (unpaired) electrons. The molecule has 17 heavy (non-hydrogen) atoms. The van der Waals surface area contributed by atoms with Gasteiger partial charge < -0.3 is 10.6 Å². The second-order valence-electron chi connectivity index (χ2n) is 3.80. The van der Waals surface area contributed by atoms with Gasteiger partial charge in [0.15, 0.2) is 0 Å². The maximum absolute atomic E-state index is 10.6. The van der Waals surface area contributed by atoms with Gasteiger partial charge in [-0.25, -0.2) is 0 Å². The van der Waals surface area contributed by atoms with Gasteiger partial charge in [0.25, 0.3) is 5.69 Å². The molecule has 1 rings (SSSR count). The van der Waals surface area contributed by atoms with Crippen molar-refractivity contribution in [2.45, 2.75) is 13.0 Å². The number of nitro benzene ring substituents is 1. The number of nitriles is 1. The fourth-order valence-corrected chi connectivity index (χ4v) is 1.50. The second-order valence-corrected chi connectivity index (χ2v) is 3.80. The lowest BCUT2D eigenvalue weighted by molar-refractivity contribution is -0.383. The topological polar surface area (TPSA) is 96.2 Å². The Morgan fingerprint density at radius 3 is 2.82 bits per heavy atom. The Morgan fingerprint density at radius 1 is 1.59 bits per heavy atom. The molecule has 0 aliphatic carbocycles. The second kappa shape index (κ2) is 5.82. The van der Waals surface area contributed by atoms with Crippen molar-refractivity contribution in [3.05, 3.63) is 33.9 Å². The quantitative estimate of drug-likeness (QED) is 0.473. The Morgan fingerprint density at radius 2 is 2.29 bits per heavy atom. The van der Waals surface area contributed by atoms with Gasteiger partial charge >= 0.3 is 0 Å². The van der Waals surface area contributed by atoms with Gasteiger partial charge in [0.05, 0.1) is 11.0 Å². The molecule has 0 atom stereocenters. The minimum atomic E-state index is -0.501. The Balaban J connectivity index is 2.71. The number of nitrogens with two attached hydrogens (primary N) is 1. The Bertz CT molecular complexity index is 453. The van der Waals surface area contributed by atoms with E-state index in [4.69, 9.17) is 11.0 Å². The predicted octanol–water partition coefficient (Wildman–Crippen LogP) is 1.52. The first-order chi connectivity index (χ1) is 8.04. The molecule has 6 nitrogen and oxygen atoms in total. The summed E-state index contributed by atoms with van der Waals surface area (Å²) >= 11 is 0. The maximum atomic E-state index is 10.6.